The minimum Gasteiger partial charge on any atom is -0.394 e. The van der Waals surface area contributed by atoms with E-state index >= 15 is 0 Å². The first kappa shape index (κ1) is 22.2. The van der Waals surface area contributed by atoms with Gasteiger partial charge in [-0.15, -0.1) is 11.3 Å². The minimum atomic E-state index is -0.258. The van der Waals surface area contributed by atoms with Crippen molar-refractivity contribution in [3.63, 3.8) is 0 Å². The molecule has 0 aliphatic heterocycles. The number of rotatable bonds is 10. The van der Waals surface area contributed by atoms with Gasteiger partial charge in [-0.3, -0.25) is 4.79 Å². The molecule has 3 aromatic heterocycles. The van der Waals surface area contributed by atoms with Gasteiger partial charge >= 0.3 is 0 Å². The highest BCUT2D eigenvalue weighted by Gasteiger charge is 2.28. The normalized spacial score (nSPS) is 14.0. The predicted molar refractivity (Wildman–Crippen MR) is 135 cm³/mol. The number of carbonyl (C=O) groups is 1. The fourth-order valence-corrected chi connectivity index (χ4v) is 4.75. The standard InChI is InChI=1S/C25H26N6O2S/c32-14-20(16-4-2-1-3-5-16)31-24-23-19(29-15-30-24)12-21(34-23)18-8-9-22(28-13-18)26-10-11-27-25(33)17-6-7-17/h1-5,8-9,12-13,15,17,20,32H,6-7,10-11,14H2,(H,26,28)(H,27,33)(H,29,30,31)/t20-/m1/s1. The molecule has 0 radical (unpaired) electrons. The number of thiophene rings is 1. The molecule has 4 aromatic rings. The summed E-state index contributed by atoms with van der Waals surface area (Å²) in [6.07, 6.45) is 5.39. The van der Waals surface area contributed by atoms with Gasteiger partial charge < -0.3 is 21.1 Å². The number of aliphatic hydroxyl groups excluding tert-OH is 1. The highest BCUT2D eigenvalue weighted by molar-refractivity contribution is 7.22. The number of nitrogens with one attached hydrogen (secondary N) is 3. The fraction of sp³-hybridized carbons (Fsp3) is 0.280. The molecule has 0 bridgehead atoms. The molecule has 1 aliphatic rings. The van der Waals surface area contributed by atoms with Crippen LogP contribution in [0.3, 0.4) is 0 Å². The van der Waals surface area contributed by atoms with Crippen LogP contribution in [0.1, 0.15) is 24.4 Å². The summed E-state index contributed by atoms with van der Waals surface area (Å²) in [6.45, 7) is 1.17. The molecule has 1 atom stereocenters. The van der Waals surface area contributed by atoms with E-state index in [0.29, 0.717) is 18.9 Å². The number of hydrogen-bond donors (Lipinski definition) is 4. The van der Waals surface area contributed by atoms with E-state index in [0.717, 1.165) is 44.9 Å². The first-order valence-corrected chi connectivity index (χ1v) is 12.2. The maximum absolute atomic E-state index is 11.7. The van der Waals surface area contributed by atoms with Crippen molar-refractivity contribution in [3.8, 4) is 10.4 Å². The SMILES string of the molecule is O=C(NCCNc1ccc(-c2cc3ncnc(N[C@H](CO)c4ccccc4)c3s2)cn1)C1CC1. The topological polar surface area (TPSA) is 112 Å². The van der Waals surface area contributed by atoms with E-state index in [-0.39, 0.29) is 24.5 Å². The van der Waals surface area contributed by atoms with E-state index in [1.807, 2.05) is 54.7 Å². The number of carbonyl (C=O) groups excluding carboxylic acids is 1. The van der Waals surface area contributed by atoms with Gasteiger partial charge in [-0.1, -0.05) is 30.3 Å². The van der Waals surface area contributed by atoms with Crippen LogP contribution in [0.2, 0.25) is 0 Å². The zero-order valence-electron chi connectivity index (χ0n) is 18.6. The van der Waals surface area contributed by atoms with Crippen molar-refractivity contribution >= 4 is 39.1 Å². The number of fused-ring (bicyclic) bond motifs is 1. The monoisotopic (exact) mass is 474 g/mol. The molecular weight excluding hydrogens is 448 g/mol. The molecule has 0 spiro atoms. The average molecular weight is 475 g/mol. The van der Waals surface area contributed by atoms with Gasteiger partial charge in [-0.05, 0) is 36.6 Å². The summed E-state index contributed by atoms with van der Waals surface area (Å²) in [7, 11) is 0. The molecule has 174 valence electrons. The molecule has 5 rings (SSSR count). The smallest absolute Gasteiger partial charge is 0.223 e. The lowest BCUT2D eigenvalue weighted by molar-refractivity contribution is -0.122. The molecule has 3 heterocycles. The van der Waals surface area contributed by atoms with Crippen molar-refractivity contribution in [1.29, 1.82) is 0 Å². The van der Waals surface area contributed by atoms with Crippen molar-refractivity contribution < 1.29 is 9.90 Å². The second-order valence-corrected chi connectivity index (χ2v) is 9.31. The summed E-state index contributed by atoms with van der Waals surface area (Å²) in [5.41, 5.74) is 2.83. The number of nitrogens with zero attached hydrogens (tertiary/aromatic N) is 3. The van der Waals surface area contributed by atoms with E-state index in [4.69, 9.17) is 0 Å². The van der Waals surface area contributed by atoms with Crippen molar-refractivity contribution in [2.24, 2.45) is 5.92 Å². The Morgan fingerprint density at radius 3 is 2.68 bits per heavy atom. The van der Waals surface area contributed by atoms with Gasteiger partial charge in [0.2, 0.25) is 5.91 Å². The lowest BCUT2D eigenvalue weighted by Crippen LogP contribution is -2.29. The summed E-state index contributed by atoms with van der Waals surface area (Å²) in [4.78, 5) is 26.1. The average Bonchev–Trinajstić information content (AvgIpc) is 3.64. The third kappa shape index (κ3) is 5.16. The second kappa shape index (κ2) is 10.1. The van der Waals surface area contributed by atoms with Crippen LogP contribution in [-0.2, 0) is 4.79 Å². The molecular formula is C25H26N6O2S. The van der Waals surface area contributed by atoms with Gasteiger partial charge in [0, 0.05) is 35.6 Å². The van der Waals surface area contributed by atoms with Crippen LogP contribution < -0.4 is 16.0 Å². The summed E-state index contributed by atoms with van der Waals surface area (Å²) >= 11 is 1.59. The summed E-state index contributed by atoms with van der Waals surface area (Å²) in [5.74, 6) is 1.85. The molecule has 9 heteroatoms. The molecule has 1 amide bonds. The van der Waals surface area contributed by atoms with Gasteiger partial charge in [0.25, 0.3) is 0 Å². The van der Waals surface area contributed by atoms with Crippen molar-refractivity contribution in [1.82, 2.24) is 20.3 Å². The van der Waals surface area contributed by atoms with Crippen LogP contribution in [0.15, 0.2) is 61.1 Å². The third-order valence-corrected chi connectivity index (χ3v) is 6.91. The first-order chi connectivity index (χ1) is 16.7. The Bertz CT molecular complexity index is 1260. The lowest BCUT2D eigenvalue weighted by atomic mass is 10.1. The van der Waals surface area contributed by atoms with Crippen LogP contribution in [-0.4, -0.2) is 45.7 Å². The van der Waals surface area contributed by atoms with E-state index < -0.39 is 0 Å². The van der Waals surface area contributed by atoms with Crippen molar-refractivity contribution in [3.05, 3.63) is 66.6 Å². The second-order valence-electron chi connectivity index (χ2n) is 8.26. The van der Waals surface area contributed by atoms with E-state index in [9.17, 15) is 9.90 Å². The fourth-order valence-electron chi connectivity index (χ4n) is 3.69. The summed E-state index contributed by atoms with van der Waals surface area (Å²) in [6, 6.07) is 15.5. The maximum Gasteiger partial charge on any atom is 0.223 e. The zero-order valence-corrected chi connectivity index (χ0v) is 19.4. The number of pyridine rings is 1. The predicted octanol–water partition coefficient (Wildman–Crippen LogP) is 3.84. The number of hydrogen-bond acceptors (Lipinski definition) is 8. The van der Waals surface area contributed by atoms with Gasteiger partial charge in [-0.2, -0.15) is 0 Å². The maximum atomic E-state index is 11.7. The van der Waals surface area contributed by atoms with Crippen LogP contribution in [0.4, 0.5) is 11.6 Å². The number of anilines is 2. The van der Waals surface area contributed by atoms with Gasteiger partial charge in [0.05, 0.1) is 22.9 Å². The molecule has 1 fully saturated rings. The van der Waals surface area contributed by atoms with Gasteiger partial charge in [0.15, 0.2) is 0 Å². The van der Waals surface area contributed by atoms with Gasteiger partial charge in [0.1, 0.15) is 18.0 Å². The Labute approximate surface area is 201 Å². The van der Waals surface area contributed by atoms with Crippen LogP contribution in [0.5, 0.6) is 0 Å². The molecule has 1 aliphatic carbocycles. The first-order valence-electron chi connectivity index (χ1n) is 11.4. The number of aliphatic hydroxyl groups is 1. The van der Waals surface area contributed by atoms with Crippen molar-refractivity contribution in [2.45, 2.75) is 18.9 Å². The minimum absolute atomic E-state index is 0.0453. The zero-order chi connectivity index (χ0) is 23.3. The molecule has 0 unspecified atom stereocenters. The molecule has 34 heavy (non-hydrogen) atoms. The van der Waals surface area contributed by atoms with Crippen molar-refractivity contribution in [2.75, 3.05) is 30.3 Å². The largest absolute Gasteiger partial charge is 0.394 e. The summed E-state index contributed by atoms with van der Waals surface area (Å²) < 4.78 is 0.931. The molecule has 8 nitrogen and oxygen atoms in total. The Morgan fingerprint density at radius 1 is 1.09 bits per heavy atom. The Balaban J connectivity index is 1.26. The Morgan fingerprint density at radius 2 is 1.94 bits per heavy atom. The van der Waals surface area contributed by atoms with E-state index in [2.05, 4.69) is 30.9 Å². The lowest BCUT2D eigenvalue weighted by Gasteiger charge is -2.17. The van der Waals surface area contributed by atoms with E-state index in [1.54, 1.807) is 11.3 Å². The number of benzene rings is 1. The number of amides is 1. The number of aromatic nitrogens is 3. The molecule has 4 N–H and O–H groups in total. The van der Waals surface area contributed by atoms with Crippen LogP contribution >= 0.6 is 11.3 Å². The van der Waals surface area contributed by atoms with Crippen LogP contribution in [0, 0.1) is 5.92 Å². The van der Waals surface area contributed by atoms with Crippen LogP contribution in [0.25, 0.3) is 20.7 Å². The molecule has 1 aromatic carbocycles. The van der Waals surface area contributed by atoms with Gasteiger partial charge in [-0.25, -0.2) is 15.0 Å². The third-order valence-electron chi connectivity index (χ3n) is 5.73. The highest BCUT2D eigenvalue weighted by Crippen LogP contribution is 2.36. The molecule has 1 saturated carbocycles. The van der Waals surface area contributed by atoms with E-state index in [1.165, 1.54) is 6.33 Å². The highest BCUT2D eigenvalue weighted by atomic mass is 32.1. The molecule has 0 saturated heterocycles. The summed E-state index contributed by atoms with van der Waals surface area (Å²) in [5, 5.41) is 19.5. The Kier molecular flexibility index (Phi) is 6.64. The quantitative estimate of drug-likeness (QED) is 0.258. The Hall–Kier alpha value is -3.56.